The number of hydrogen-bond acceptors (Lipinski definition) is 3. The Labute approximate surface area is 72.3 Å². The molecule has 0 amide bonds. The van der Waals surface area contributed by atoms with Crippen molar-refractivity contribution >= 4 is 0 Å². The van der Waals surface area contributed by atoms with Gasteiger partial charge in [-0.2, -0.15) is 0 Å². The van der Waals surface area contributed by atoms with Crippen molar-refractivity contribution in [1.82, 2.24) is 4.98 Å². The molecule has 66 valence electrons. The molecular weight excluding hydrogens is 154 g/mol. The molecule has 0 saturated carbocycles. The Bertz CT molecular complexity index is 261. The molecule has 0 unspecified atom stereocenters. The highest BCUT2D eigenvalue weighted by molar-refractivity contribution is 5.41. The van der Waals surface area contributed by atoms with Crippen LogP contribution in [0.2, 0.25) is 0 Å². The Morgan fingerprint density at radius 2 is 2.08 bits per heavy atom. The second-order valence-electron chi connectivity index (χ2n) is 2.17. The van der Waals surface area contributed by atoms with E-state index in [0.29, 0.717) is 12.7 Å². The molecule has 0 atom stereocenters. The van der Waals surface area contributed by atoms with Gasteiger partial charge in [0, 0.05) is 6.20 Å². The number of hydrogen-bond donors (Lipinski definition) is 0. The van der Waals surface area contributed by atoms with Gasteiger partial charge in [0.25, 0.3) is 5.88 Å². The lowest BCUT2D eigenvalue weighted by Crippen LogP contribution is -1.93. The number of rotatable bonds is 0. The lowest BCUT2D eigenvalue weighted by atomic mass is 10.3. The Kier molecular flexibility index (Phi) is 2.91. The Morgan fingerprint density at radius 3 is 2.75 bits per heavy atom. The van der Waals surface area contributed by atoms with Crippen LogP contribution in [0, 0.1) is 6.92 Å². The summed E-state index contributed by atoms with van der Waals surface area (Å²) in [4.78, 5) is 3.97. The van der Waals surface area contributed by atoms with Crippen molar-refractivity contribution in [3.63, 3.8) is 0 Å². The van der Waals surface area contributed by atoms with Gasteiger partial charge in [0.05, 0.1) is 0 Å². The summed E-state index contributed by atoms with van der Waals surface area (Å²) in [6, 6.07) is 1.90. The van der Waals surface area contributed by atoms with Crippen molar-refractivity contribution in [3.05, 3.63) is 17.8 Å². The standard InChI is InChI=1S/C7H7NO2.C2H6/c1-5-2-3-8-7-6(5)9-4-10-7;1-2/h2-3H,4H2,1H3;1-2H3. The molecule has 0 bridgehead atoms. The molecule has 0 aliphatic carbocycles. The zero-order valence-electron chi connectivity index (χ0n) is 7.63. The van der Waals surface area contributed by atoms with Crippen molar-refractivity contribution in [2.24, 2.45) is 0 Å². The highest BCUT2D eigenvalue weighted by atomic mass is 16.7. The van der Waals surface area contributed by atoms with Crippen LogP contribution < -0.4 is 9.47 Å². The van der Waals surface area contributed by atoms with Gasteiger partial charge in [0.15, 0.2) is 5.75 Å². The van der Waals surface area contributed by atoms with E-state index < -0.39 is 0 Å². The second kappa shape index (κ2) is 3.95. The summed E-state index contributed by atoms with van der Waals surface area (Å²) in [7, 11) is 0. The Morgan fingerprint density at radius 1 is 1.33 bits per heavy atom. The predicted molar refractivity (Wildman–Crippen MR) is 46.4 cm³/mol. The smallest absolute Gasteiger partial charge is 0.260 e. The van der Waals surface area contributed by atoms with Gasteiger partial charge in [-0.3, -0.25) is 0 Å². The molecule has 0 N–H and O–H groups in total. The third kappa shape index (κ3) is 1.49. The molecular formula is C9H13NO2. The zero-order chi connectivity index (χ0) is 8.97. The maximum atomic E-state index is 5.14. The van der Waals surface area contributed by atoms with Gasteiger partial charge >= 0.3 is 0 Å². The first kappa shape index (κ1) is 8.84. The molecule has 0 spiro atoms. The van der Waals surface area contributed by atoms with E-state index in [9.17, 15) is 0 Å². The third-order valence-corrected chi connectivity index (χ3v) is 1.47. The summed E-state index contributed by atoms with van der Waals surface area (Å²) in [5.41, 5.74) is 1.07. The molecule has 0 fully saturated rings. The first-order valence-electron chi connectivity index (χ1n) is 4.09. The first-order chi connectivity index (χ1) is 5.88. The molecule has 0 saturated heterocycles. The van der Waals surface area contributed by atoms with E-state index in [2.05, 4.69) is 4.98 Å². The maximum Gasteiger partial charge on any atom is 0.260 e. The van der Waals surface area contributed by atoms with Crippen LogP contribution in [0.15, 0.2) is 12.3 Å². The van der Waals surface area contributed by atoms with Crippen LogP contribution in [0.4, 0.5) is 0 Å². The average molecular weight is 167 g/mol. The maximum absolute atomic E-state index is 5.14. The number of nitrogens with zero attached hydrogens (tertiary/aromatic N) is 1. The topological polar surface area (TPSA) is 31.4 Å². The zero-order valence-corrected chi connectivity index (χ0v) is 7.63. The van der Waals surface area contributed by atoms with E-state index in [4.69, 9.17) is 9.47 Å². The molecule has 1 aromatic rings. The van der Waals surface area contributed by atoms with Crippen molar-refractivity contribution in [1.29, 1.82) is 0 Å². The minimum atomic E-state index is 0.299. The molecule has 3 heteroatoms. The fourth-order valence-electron chi connectivity index (χ4n) is 0.942. The van der Waals surface area contributed by atoms with Crippen molar-refractivity contribution < 1.29 is 9.47 Å². The lowest BCUT2D eigenvalue weighted by Gasteiger charge is -1.95. The highest BCUT2D eigenvalue weighted by Crippen LogP contribution is 2.31. The Balaban J connectivity index is 0.000000336. The lowest BCUT2D eigenvalue weighted by molar-refractivity contribution is 0.170. The van der Waals surface area contributed by atoms with Gasteiger partial charge < -0.3 is 9.47 Å². The summed E-state index contributed by atoms with van der Waals surface area (Å²) < 4.78 is 10.2. The number of pyridine rings is 1. The monoisotopic (exact) mass is 167 g/mol. The van der Waals surface area contributed by atoms with Crippen molar-refractivity contribution in [3.8, 4) is 11.6 Å². The summed E-state index contributed by atoms with van der Waals surface area (Å²) in [6.45, 7) is 6.27. The van der Waals surface area contributed by atoms with E-state index in [1.807, 2.05) is 26.8 Å². The molecule has 0 radical (unpaired) electrons. The molecule has 1 aromatic heterocycles. The van der Waals surface area contributed by atoms with Crippen LogP contribution in [0.5, 0.6) is 11.6 Å². The molecule has 1 aliphatic heterocycles. The van der Waals surface area contributed by atoms with Crippen molar-refractivity contribution in [2.45, 2.75) is 20.8 Å². The van der Waals surface area contributed by atoms with Gasteiger partial charge in [-0.1, -0.05) is 13.8 Å². The Hall–Kier alpha value is -1.25. The van der Waals surface area contributed by atoms with Crippen LogP contribution in [0.3, 0.4) is 0 Å². The van der Waals surface area contributed by atoms with E-state index in [-0.39, 0.29) is 0 Å². The summed E-state index contributed by atoms with van der Waals surface area (Å²) >= 11 is 0. The molecule has 2 heterocycles. The first-order valence-corrected chi connectivity index (χ1v) is 4.09. The quantitative estimate of drug-likeness (QED) is 0.593. The average Bonchev–Trinajstić information content (AvgIpc) is 2.57. The van der Waals surface area contributed by atoms with Crippen LogP contribution >= 0.6 is 0 Å². The predicted octanol–water partition coefficient (Wildman–Crippen LogP) is 2.14. The van der Waals surface area contributed by atoms with Gasteiger partial charge in [0.1, 0.15) is 0 Å². The fraction of sp³-hybridized carbons (Fsp3) is 0.444. The summed E-state index contributed by atoms with van der Waals surface area (Å²) in [5, 5.41) is 0. The third-order valence-electron chi connectivity index (χ3n) is 1.47. The number of aryl methyl sites for hydroxylation is 1. The van der Waals surface area contributed by atoms with Crippen LogP contribution in [0.25, 0.3) is 0 Å². The highest BCUT2D eigenvalue weighted by Gasteiger charge is 2.15. The van der Waals surface area contributed by atoms with E-state index in [0.717, 1.165) is 11.3 Å². The molecule has 12 heavy (non-hydrogen) atoms. The number of aromatic nitrogens is 1. The minimum absolute atomic E-state index is 0.299. The molecule has 3 nitrogen and oxygen atoms in total. The van der Waals surface area contributed by atoms with E-state index in [1.54, 1.807) is 6.20 Å². The van der Waals surface area contributed by atoms with Gasteiger partial charge in [-0.05, 0) is 18.6 Å². The van der Waals surface area contributed by atoms with Crippen LogP contribution in [-0.2, 0) is 0 Å². The largest absolute Gasteiger partial charge is 0.451 e. The van der Waals surface area contributed by atoms with Crippen molar-refractivity contribution in [2.75, 3.05) is 6.79 Å². The number of fused-ring (bicyclic) bond motifs is 1. The normalized spacial score (nSPS) is 11.9. The molecule has 2 rings (SSSR count). The van der Waals surface area contributed by atoms with Crippen LogP contribution in [0.1, 0.15) is 19.4 Å². The summed E-state index contributed by atoms with van der Waals surface area (Å²) in [5.74, 6) is 1.39. The fourth-order valence-corrected chi connectivity index (χ4v) is 0.942. The van der Waals surface area contributed by atoms with E-state index in [1.165, 1.54) is 0 Å². The second-order valence-corrected chi connectivity index (χ2v) is 2.17. The van der Waals surface area contributed by atoms with Crippen LogP contribution in [-0.4, -0.2) is 11.8 Å². The number of ether oxygens (including phenoxy) is 2. The van der Waals surface area contributed by atoms with Gasteiger partial charge in [-0.15, -0.1) is 0 Å². The SMILES string of the molecule is CC.Cc1ccnc2c1OCO2. The van der Waals surface area contributed by atoms with E-state index >= 15 is 0 Å². The van der Waals surface area contributed by atoms with Gasteiger partial charge in [0.2, 0.25) is 6.79 Å². The minimum Gasteiger partial charge on any atom is -0.451 e. The van der Waals surface area contributed by atoms with Gasteiger partial charge in [-0.25, -0.2) is 4.98 Å². The molecule has 0 aromatic carbocycles. The summed E-state index contributed by atoms with van der Waals surface area (Å²) in [6.07, 6.45) is 1.71. The molecule has 1 aliphatic rings.